The van der Waals surface area contributed by atoms with Crippen LogP contribution in [-0.2, 0) is 4.74 Å². The molecule has 0 bridgehead atoms. The first-order valence-electron chi connectivity index (χ1n) is 6.98. The molecule has 0 aliphatic carbocycles. The van der Waals surface area contributed by atoms with E-state index in [4.69, 9.17) is 14.5 Å². The van der Waals surface area contributed by atoms with Gasteiger partial charge in [-0.1, -0.05) is 12.1 Å². The standard InChI is InChI=1S/C14H16N4O2S/c1-2-5-18-6-7-19-11(9-18)13-16-14(20-17-13)12-4-3-10(8-15)21-12/h3-4,11H,2,5-7,9H2,1H3. The Morgan fingerprint density at radius 1 is 1.52 bits per heavy atom. The second-order valence-electron chi connectivity index (χ2n) is 4.89. The van der Waals surface area contributed by atoms with Gasteiger partial charge in [0.05, 0.1) is 11.5 Å². The molecular weight excluding hydrogens is 288 g/mol. The topological polar surface area (TPSA) is 75.2 Å². The second-order valence-corrected chi connectivity index (χ2v) is 5.98. The first-order valence-corrected chi connectivity index (χ1v) is 7.79. The molecule has 0 saturated carbocycles. The monoisotopic (exact) mass is 304 g/mol. The van der Waals surface area contributed by atoms with E-state index in [0.29, 0.717) is 23.2 Å². The number of nitrogens with zero attached hydrogens (tertiary/aromatic N) is 4. The molecule has 6 nitrogen and oxygen atoms in total. The molecule has 3 heterocycles. The maximum Gasteiger partial charge on any atom is 0.268 e. The molecule has 0 amide bonds. The van der Waals surface area contributed by atoms with E-state index in [9.17, 15) is 0 Å². The van der Waals surface area contributed by atoms with E-state index in [1.807, 2.05) is 6.07 Å². The molecule has 2 aromatic rings. The molecule has 0 aromatic carbocycles. The molecule has 110 valence electrons. The van der Waals surface area contributed by atoms with Gasteiger partial charge in [-0.2, -0.15) is 10.2 Å². The quantitative estimate of drug-likeness (QED) is 0.863. The van der Waals surface area contributed by atoms with E-state index in [1.54, 1.807) is 6.07 Å². The Labute approximate surface area is 126 Å². The number of nitriles is 1. The van der Waals surface area contributed by atoms with Crippen LogP contribution in [0.2, 0.25) is 0 Å². The van der Waals surface area contributed by atoms with Crippen molar-refractivity contribution in [3.8, 4) is 16.8 Å². The third-order valence-electron chi connectivity index (χ3n) is 3.35. The van der Waals surface area contributed by atoms with E-state index in [0.717, 1.165) is 30.9 Å². The van der Waals surface area contributed by atoms with Crippen LogP contribution in [0.25, 0.3) is 10.8 Å². The molecule has 0 spiro atoms. The second kappa shape index (κ2) is 6.35. The minimum absolute atomic E-state index is 0.141. The summed E-state index contributed by atoms with van der Waals surface area (Å²) in [6.45, 7) is 5.65. The van der Waals surface area contributed by atoms with Gasteiger partial charge >= 0.3 is 0 Å². The SMILES string of the molecule is CCCN1CCOC(c2noc(-c3ccc(C#N)s3)n2)C1. The molecule has 3 rings (SSSR count). The zero-order valence-electron chi connectivity index (χ0n) is 11.8. The van der Waals surface area contributed by atoms with Crippen molar-refractivity contribution in [3.63, 3.8) is 0 Å². The summed E-state index contributed by atoms with van der Waals surface area (Å²) in [5.41, 5.74) is 0. The number of thiophene rings is 1. The van der Waals surface area contributed by atoms with Crippen molar-refractivity contribution in [1.29, 1.82) is 5.26 Å². The zero-order chi connectivity index (χ0) is 14.7. The summed E-state index contributed by atoms with van der Waals surface area (Å²) in [5, 5.41) is 12.9. The first-order chi connectivity index (χ1) is 10.3. The highest BCUT2D eigenvalue weighted by atomic mass is 32.1. The van der Waals surface area contributed by atoms with Gasteiger partial charge in [-0.25, -0.2) is 0 Å². The summed E-state index contributed by atoms with van der Waals surface area (Å²) in [5.74, 6) is 1.03. The van der Waals surface area contributed by atoms with Gasteiger partial charge in [0.1, 0.15) is 17.1 Å². The lowest BCUT2D eigenvalue weighted by atomic mass is 10.2. The maximum absolute atomic E-state index is 8.85. The number of hydrogen-bond donors (Lipinski definition) is 0. The fourth-order valence-corrected chi connectivity index (χ4v) is 3.08. The van der Waals surface area contributed by atoms with E-state index >= 15 is 0 Å². The van der Waals surface area contributed by atoms with Crippen molar-refractivity contribution in [2.24, 2.45) is 0 Å². The number of ether oxygens (including phenoxy) is 1. The lowest BCUT2D eigenvalue weighted by molar-refractivity contribution is -0.0350. The van der Waals surface area contributed by atoms with E-state index in [1.165, 1.54) is 11.3 Å². The van der Waals surface area contributed by atoms with E-state index < -0.39 is 0 Å². The summed E-state index contributed by atoms with van der Waals surface area (Å²) in [6.07, 6.45) is 0.981. The predicted molar refractivity (Wildman–Crippen MR) is 77.8 cm³/mol. The maximum atomic E-state index is 8.85. The molecular formula is C14H16N4O2S. The molecule has 21 heavy (non-hydrogen) atoms. The molecule has 1 saturated heterocycles. The molecule has 1 fully saturated rings. The third kappa shape index (κ3) is 3.13. The molecule has 1 aliphatic rings. The Balaban J connectivity index is 1.74. The van der Waals surface area contributed by atoms with Crippen molar-refractivity contribution in [2.75, 3.05) is 26.2 Å². The minimum Gasteiger partial charge on any atom is -0.367 e. The summed E-state index contributed by atoms with van der Waals surface area (Å²) in [4.78, 5) is 8.21. The smallest absolute Gasteiger partial charge is 0.268 e. The van der Waals surface area contributed by atoms with Crippen molar-refractivity contribution in [3.05, 3.63) is 22.8 Å². The Hall–Kier alpha value is -1.75. The molecule has 1 unspecified atom stereocenters. The van der Waals surface area contributed by atoms with Gasteiger partial charge < -0.3 is 9.26 Å². The Morgan fingerprint density at radius 2 is 2.43 bits per heavy atom. The van der Waals surface area contributed by atoms with Crippen molar-refractivity contribution >= 4 is 11.3 Å². The van der Waals surface area contributed by atoms with Gasteiger partial charge in [0, 0.05) is 13.1 Å². The van der Waals surface area contributed by atoms with E-state index in [-0.39, 0.29) is 6.10 Å². The average Bonchev–Trinajstić information content (AvgIpc) is 3.17. The number of aromatic nitrogens is 2. The Bertz CT molecular complexity index is 643. The van der Waals surface area contributed by atoms with Gasteiger partial charge in [0.2, 0.25) is 5.82 Å². The predicted octanol–water partition coefficient (Wildman–Crippen LogP) is 2.45. The normalized spacial score (nSPS) is 19.5. The molecule has 7 heteroatoms. The van der Waals surface area contributed by atoms with Gasteiger partial charge in [-0.15, -0.1) is 11.3 Å². The van der Waals surface area contributed by atoms with Crippen LogP contribution in [0.3, 0.4) is 0 Å². The molecule has 1 aliphatic heterocycles. The average molecular weight is 304 g/mol. The van der Waals surface area contributed by atoms with Crippen LogP contribution in [0.15, 0.2) is 16.7 Å². The van der Waals surface area contributed by atoms with Crippen molar-refractivity contribution in [1.82, 2.24) is 15.0 Å². The van der Waals surface area contributed by atoms with Gasteiger partial charge in [-0.05, 0) is 25.1 Å². The van der Waals surface area contributed by atoms with Crippen LogP contribution in [0.5, 0.6) is 0 Å². The van der Waals surface area contributed by atoms with Gasteiger partial charge in [-0.3, -0.25) is 4.90 Å². The fourth-order valence-electron chi connectivity index (χ4n) is 2.36. The van der Waals surface area contributed by atoms with Crippen molar-refractivity contribution < 1.29 is 9.26 Å². The van der Waals surface area contributed by atoms with Crippen LogP contribution in [-0.4, -0.2) is 41.3 Å². The number of rotatable bonds is 4. The molecule has 0 N–H and O–H groups in total. The summed E-state index contributed by atoms with van der Waals surface area (Å²) in [6, 6.07) is 5.68. The largest absolute Gasteiger partial charge is 0.367 e. The summed E-state index contributed by atoms with van der Waals surface area (Å²) >= 11 is 1.35. The van der Waals surface area contributed by atoms with Crippen molar-refractivity contribution in [2.45, 2.75) is 19.4 Å². The molecule has 1 atom stereocenters. The Morgan fingerprint density at radius 3 is 3.19 bits per heavy atom. The Kier molecular flexibility index (Phi) is 4.29. The van der Waals surface area contributed by atoms with Crippen LogP contribution in [0.1, 0.15) is 30.2 Å². The summed E-state index contributed by atoms with van der Waals surface area (Å²) in [7, 11) is 0. The highest BCUT2D eigenvalue weighted by molar-refractivity contribution is 7.15. The lowest BCUT2D eigenvalue weighted by Crippen LogP contribution is -2.39. The first kappa shape index (κ1) is 14.2. The summed E-state index contributed by atoms with van der Waals surface area (Å²) < 4.78 is 11.0. The highest BCUT2D eigenvalue weighted by Gasteiger charge is 2.26. The third-order valence-corrected chi connectivity index (χ3v) is 4.33. The van der Waals surface area contributed by atoms with Crippen LogP contribution in [0.4, 0.5) is 0 Å². The molecule has 0 radical (unpaired) electrons. The highest BCUT2D eigenvalue weighted by Crippen LogP contribution is 2.28. The van der Waals surface area contributed by atoms with Crippen LogP contribution >= 0.6 is 11.3 Å². The van der Waals surface area contributed by atoms with Crippen LogP contribution in [0, 0.1) is 11.3 Å². The number of hydrogen-bond acceptors (Lipinski definition) is 7. The van der Waals surface area contributed by atoms with Gasteiger partial charge in [0.25, 0.3) is 5.89 Å². The molecule has 2 aromatic heterocycles. The number of morpholine rings is 1. The minimum atomic E-state index is -0.141. The van der Waals surface area contributed by atoms with E-state index in [2.05, 4.69) is 28.0 Å². The van der Waals surface area contributed by atoms with Crippen LogP contribution < -0.4 is 0 Å². The fraction of sp³-hybridized carbons (Fsp3) is 0.500. The zero-order valence-corrected chi connectivity index (χ0v) is 12.6. The van der Waals surface area contributed by atoms with Gasteiger partial charge in [0.15, 0.2) is 0 Å². The lowest BCUT2D eigenvalue weighted by Gasteiger charge is -2.30.